The van der Waals surface area contributed by atoms with Crippen molar-refractivity contribution in [3.05, 3.63) is 35.0 Å². The third-order valence-electron chi connectivity index (χ3n) is 3.39. The number of ether oxygens (including phenoxy) is 1. The molecule has 0 spiro atoms. The van der Waals surface area contributed by atoms with Crippen LogP contribution < -0.4 is 10.1 Å². The Morgan fingerprint density at radius 1 is 1.50 bits per heavy atom. The van der Waals surface area contributed by atoms with E-state index in [1.54, 1.807) is 18.2 Å². The van der Waals surface area contributed by atoms with Gasteiger partial charge in [-0.15, -0.1) is 0 Å². The summed E-state index contributed by atoms with van der Waals surface area (Å²) in [5.74, 6) is 0.462. The summed E-state index contributed by atoms with van der Waals surface area (Å²) >= 11 is 1.49. The number of phenolic OH excluding ortho intramolecular Hbond substituents is 1. The van der Waals surface area contributed by atoms with Crippen LogP contribution in [0.15, 0.2) is 34.5 Å². The number of amidine groups is 1. The molecule has 0 saturated heterocycles. The van der Waals surface area contributed by atoms with Crippen LogP contribution in [0.5, 0.6) is 11.5 Å². The van der Waals surface area contributed by atoms with Crippen molar-refractivity contribution in [2.75, 3.05) is 12.9 Å². The van der Waals surface area contributed by atoms with Gasteiger partial charge in [-0.3, -0.25) is 4.79 Å². The predicted octanol–water partition coefficient (Wildman–Crippen LogP) is 3.02. The van der Waals surface area contributed by atoms with Gasteiger partial charge in [0, 0.05) is 11.3 Å². The summed E-state index contributed by atoms with van der Waals surface area (Å²) in [6.45, 7) is 5.72. The number of thioether (sulfide) groups is 1. The van der Waals surface area contributed by atoms with E-state index in [0.717, 1.165) is 16.4 Å². The summed E-state index contributed by atoms with van der Waals surface area (Å²) in [5, 5.41) is 13.7. The zero-order valence-electron chi connectivity index (χ0n) is 13.1. The first-order chi connectivity index (χ1) is 10.5. The molecule has 2 rings (SSSR count). The molecule has 1 heterocycles. The number of phenols is 1. The third-order valence-corrected chi connectivity index (χ3v) is 3.98. The molecule has 0 bridgehead atoms. The van der Waals surface area contributed by atoms with Gasteiger partial charge in [0.1, 0.15) is 6.04 Å². The maximum atomic E-state index is 12.0. The topological polar surface area (TPSA) is 70.9 Å². The fraction of sp³-hybridized carbons (Fsp3) is 0.375. The Balaban J connectivity index is 2.51. The van der Waals surface area contributed by atoms with Crippen LogP contribution in [0, 0.1) is 0 Å². The number of Topliss-reactive ketones (excluding diaryl/α,β-unsaturated/α-hetero) is 1. The number of benzene rings is 1. The molecule has 0 aliphatic carbocycles. The molecule has 118 valence electrons. The molecule has 1 atom stereocenters. The zero-order chi connectivity index (χ0) is 16.3. The molecule has 1 aromatic carbocycles. The summed E-state index contributed by atoms with van der Waals surface area (Å²) in [5.41, 5.74) is 2.26. The van der Waals surface area contributed by atoms with E-state index in [2.05, 4.69) is 10.3 Å². The molecule has 0 saturated carbocycles. The molecule has 22 heavy (non-hydrogen) atoms. The summed E-state index contributed by atoms with van der Waals surface area (Å²) in [6.07, 6.45) is 1.93. The lowest BCUT2D eigenvalue weighted by atomic mass is 9.94. The van der Waals surface area contributed by atoms with Gasteiger partial charge < -0.3 is 15.2 Å². The van der Waals surface area contributed by atoms with Crippen molar-refractivity contribution in [3.8, 4) is 11.5 Å². The second kappa shape index (κ2) is 6.87. The fourth-order valence-corrected chi connectivity index (χ4v) is 2.89. The SMILES string of the molecule is CCOc1cc([C@H]2N=C(SC)NC(C)=C2C(C)=O)ccc1O. The molecule has 0 unspecified atom stereocenters. The Morgan fingerprint density at radius 2 is 2.23 bits per heavy atom. The van der Waals surface area contributed by atoms with Gasteiger partial charge in [0.15, 0.2) is 22.4 Å². The molecule has 0 radical (unpaired) electrons. The first kappa shape index (κ1) is 16.4. The molecule has 1 aromatic rings. The molecular formula is C16H20N2O3S. The van der Waals surface area contributed by atoms with Crippen molar-refractivity contribution in [1.29, 1.82) is 0 Å². The highest BCUT2D eigenvalue weighted by atomic mass is 32.2. The molecule has 0 fully saturated rings. The maximum Gasteiger partial charge on any atom is 0.161 e. The number of rotatable bonds is 4. The summed E-state index contributed by atoms with van der Waals surface area (Å²) < 4.78 is 5.42. The highest BCUT2D eigenvalue weighted by Crippen LogP contribution is 2.36. The Morgan fingerprint density at radius 3 is 2.82 bits per heavy atom. The number of hydrogen-bond donors (Lipinski definition) is 2. The van der Waals surface area contributed by atoms with E-state index in [1.165, 1.54) is 18.7 Å². The number of aromatic hydroxyl groups is 1. The van der Waals surface area contributed by atoms with E-state index in [0.29, 0.717) is 17.9 Å². The molecule has 0 amide bonds. The first-order valence-corrected chi connectivity index (χ1v) is 8.26. The van der Waals surface area contributed by atoms with Gasteiger partial charge in [-0.25, -0.2) is 4.99 Å². The minimum absolute atomic E-state index is 0.0232. The largest absolute Gasteiger partial charge is 0.504 e. The van der Waals surface area contributed by atoms with Gasteiger partial charge >= 0.3 is 0 Å². The molecule has 1 aliphatic rings. The number of allylic oxidation sites excluding steroid dienone is 1. The van der Waals surface area contributed by atoms with Crippen LogP contribution in [0.25, 0.3) is 0 Å². The Hall–Kier alpha value is -1.95. The minimum Gasteiger partial charge on any atom is -0.504 e. The molecular weight excluding hydrogens is 300 g/mol. The highest BCUT2D eigenvalue weighted by molar-refractivity contribution is 8.13. The predicted molar refractivity (Wildman–Crippen MR) is 89.5 cm³/mol. The fourth-order valence-electron chi connectivity index (χ4n) is 2.42. The average Bonchev–Trinajstić information content (AvgIpc) is 2.48. The van der Waals surface area contributed by atoms with Crippen LogP contribution in [0.2, 0.25) is 0 Å². The number of carbonyl (C=O) groups is 1. The molecule has 2 N–H and O–H groups in total. The van der Waals surface area contributed by atoms with Crippen LogP contribution in [-0.2, 0) is 4.79 Å². The van der Waals surface area contributed by atoms with Crippen LogP contribution in [0.4, 0.5) is 0 Å². The lowest BCUT2D eigenvalue weighted by Crippen LogP contribution is -2.28. The number of nitrogens with zero attached hydrogens (tertiary/aromatic N) is 1. The third kappa shape index (κ3) is 3.27. The number of aliphatic imine (C=N–C) groups is 1. The van der Waals surface area contributed by atoms with E-state index in [-0.39, 0.29) is 17.6 Å². The molecule has 6 heteroatoms. The normalized spacial score (nSPS) is 17.8. The van der Waals surface area contributed by atoms with Crippen molar-refractivity contribution in [2.45, 2.75) is 26.8 Å². The van der Waals surface area contributed by atoms with Crippen LogP contribution in [0.1, 0.15) is 32.4 Å². The van der Waals surface area contributed by atoms with Gasteiger partial charge in [0.2, 0.25) is 0 Å². The second-order valence-electron chi connectivity index (χ2n) is 4.92. The van der Waals surface area contributed by atoms with Crippen molar-refractivity contribution < 1.29 is 14.6 Å². The minimum atomic E-state index is -0.388. The highest BCUT2D eigenvalue weighted by Gasteiger charge is 2.27. The van der Waals surface area contributed by atoms with Gasteiger partial charge in [-0.05, 0) is 44.7 Å². The number of hydrogen-bond acceptors (Lipinski definition) is 6. The van der Waals surface area contributed by atoms with Gasteiger partial charge in [0.05, 0.1) is 6.61 Å². The maximum absolute atomic E-state index is 12.0. The quantitative estimate of drug-likeness (QED) is 0.892. The lowest BCUT2D eigenvalue weighted by Gasteiger charge is -2.25. The second-order valence-corrected chi connectivity index (χ2v) is 5.72. The van der Waals surface area contributed by atoms with Crippen molar-refractivity contribution >= 4 is 22.7 Å². The van der Waals surface area contributed by atoms with Crippen molar-refractivity contribution in [1.82, 2.24) is 5.32 Å². The Labute approximate surface area is 134 Å². The van der Waals surface area contributed by atoms with Crippen LogP contribution in [0.3, 0.4) is 0 Å². The smallest absolute Gasteiger partial charge is 0.161 e. The average molecular weight is 320 g/mol. The Bertz CT molecular complexity index is 653. The molecule has 1 aliphatic heterocycles. The monoisotopic (exact) mass is 320 g/mol. The first-order valence-electron chi connectivity index (χ1n) is 7.04. The van der Waals surface area contributed by atoms with E-state index < -0.39 is 0 Å². The van der Waals surface area contributed by atoms with E-state index >= 15 is 0 Å². The summed E-state index contributed by atoms with van der Waals surface area (Å²) in [6, 6.07) is 4.70. The van der Waals surface area contributed by atoms with E-state index in [4.69, 9.17) is 4.74 Å². The van der Waals surface area contributed by atoms with Crippen molar-refractivity contribution in [2.24, 2.45) is 4.99 Å². The van der Waals surface area contributed by atoms with Gasteiger partial charge in [0.25, 0.3) is 0 Å². The van der Waals surface area contributed by atoms with Crippen LogP contribution >= 0.6 is 11.8 Å². The van der Waals surface area contributed by atoms with Gasteiger partial charge in [-0.2, -0.15) is 0 Å². The molecule has 0 aromatic heterocycles. The van der Waals surface area contributed by atoms with Gasteiger partial charge in [-0.1, -0.05) is 17.8 Å². The zero-order valence-corrected chi connectivity index (χ0v) is 14.0. The number of nitrogens with one attached hydrogen (secondary N) is 1. The number of carbonyl (C=O) groups excluding carboxylic acids is 1. The summed E-state index contributed by atoms with van der Waals surface area (Å²) in [4.78, 5) is 16.6. The van der Waals surface area contributed by atoms with Crippen molar-refractivity contribution in [3.63, 3.8) is 0 Å². The van der Waals surface area contributed by atoms with E-state index in [9.17, 15) is 9.90 Å². The lowest BCUT2D eigenvalue weighted by molar-refractivity contribution is -0.113. The standard InChI is InChI=1S/C16H20N2O3S/c1-5-21-13-8-11(6-7-12(13)20)15-14(10(3)19)9(2)17-16(18-15)22-4/h6-8,15,20H,5H2,1-4H3,(H,17,18)/t15-/m1/s1. The summed E-state index contributed by atoms with van der Waals surface area (Å²) in [7, 11) is 0. The van der Waals surface area contributed by atoms with Crippen LogP contribution in [-0.4, -0.2) is 28.9 Å². The number of ketones is 1. The van der Waals surface area contributed by atoms with E-state index in [1.807, 2.05) is 20.1 Å². The molecule has 5 nitrogen and oxygen atoms in total. The Kier molecular flexibility index (Phi) is 5.13.